The summed E-state index contributed by atoms with van der Waals surface area (Å²) in [6, 6.07) is 13.2. The number of carbonyl (C=O) groups excluding carboxylic acids is 1. The maximum atomic E-state index is 12.4. The fraction of sp³-hybridized carbons (Fsp3) is 0.381. The van der Waals surface area contributed by atoms with E-state index in [1.165, 1.54) is 0 Å². The Morgan fingerprint density at radius 1 is 0.923 bits per heavy atom. The molecule has 5 nitrogen and oxygen atoms in total. The zero-order chi connectivity index (χ0) is 19.1. The van der Waals surface area contributed by atoms with Gasteiger partial charge < -0.3 is 19.5 Å². The van der Waals surface area contributed by atoms with Gasteiger partial charge in [-0.15, -0.1) is 0 Å². The van der Waals surface area contributed by atoms with Crippen molar-refractivity contribution in [2.75, 3.05) is 21.3 Å². The third-order valence-electron chi connectivity index (χ3n) is 4.35. The minimum atomic E-state index is 0.0349. The predicted molar refractivity (Wildman–Crippen MR) is 103 cm³/mol. The third-order valence-corrected chi connectivity index (χ3v) is 4.35. The summed E-state index contributed by atoms with van der Waals surface area (Å²) in [5.41, 5.74) is 1.77. The van der Waals surface area contributed by atoms with Crippen LogP contribution in [0.4, 0.5) is 0 Å². The molecule has 0 aliphatic heterocycles. The maximum absolute atomic E-state index is 12.4. The Labute approximate surface area is 155 Å². The molecule has 0 radical (unpaired) electrons. The summed E-state index contributed by atoms with van der Waals surface area (Å²) in [6.45, 7) is 4.08. The molecule has 2 atom stereocenters. The molecular formula is C21H27NO4. The lowest BCUT2D eigenvalue weighted by Crippen LogP contribution is -2.31. The van der Waals surface area contributed by atoms with E-state index >= 15 is 0 Å². The Balaban J connectivity index is 1.97. The van der Waals surface area contributed by atoms with Crippen LogP contribution in [0.1, 0.15) is 42.2 Å². The van der Waals surface area contributed by atoms with Crippen LogP contribution in [0.3, 0.4) is 0 Å². The van der Waals surface area contributed by atoms with Crippen molar-refractivity contribution in [2.45, 2.75) is 32.4 Å². The predicted octanol–water partition coefficient (Wildman–Crippen LogP) is 4.02. The van der Waals surface area contributed by atoms with Crippen molar-refractivity contribution >= 4 is 5.78 Å². The molecule has 0 heterocycles. The first-order valence-corrected chi connectivity index (χ1v) is 8.63. The lowest BCUT2D eigenvalue weighted by molar-refractivity contribution is 0.0970. The van der Waals surface area contributed by atoms with E-state index in [4.69, 9.17) is 14.2 Å². The molecule has 0 bridgehead atoms. The van der Waals surface area contributed by atoms with Crippen molar-refractivity contribution in [3.05, 3.63) is 53.6 Å². The van der Waals surface area contributed by atoms with E-state index in [1.807, 2.05) is 25.1 Å². The zero-order valence-corrected chi connectivity index (χ0v) is 16.0. The van der Waals surface area contributed by atoms with E-state index in [1.54, 1.807) is 45.6 Å². The van der Waals surface area contributed by atoms with Gasteiger partial charge in [0.1, 0.15) is 5.75 Å². The minimum absolute atomic E-state index is 0.0349. The van der Waals surface area contributed by atoms with Gasteiger partial charge >= 0.3 is 0 Å². The molecule has 0 saturated carbocycles. The average Bonchev–Trinajstić information content (AvgIpc) is 2.67. The van der Waals surface area contributed by atoms with Gasteiger partial charge in [-0.25, -0.2) is 0 Å². The summed E-state index contributed by atoms with van der Waals surface area (Å²) in [6.07, 6.45) is 0.421. The first-order valence-electron chi connectivity index (χ1n) is 8.63. The first kappa shape index (κ1) is 19.8. The number of benzene rings is 2. The van der Waals surface area contributed by atoms with E-state index in [2.05, 4.69) is 12.2 Å². The Kier molecular flexibility index (Phi) is 7.04. The largest absolute Gasteiger partial charge is 0.497 e. The van der Waals surface area contributed by atoms with Crippen LogP contribution < -0.4 is 19.5 Å². The number of methoxy groups -OCH3 is 3. The summed E-state index contributed by atoms with van der Waals surface area (Å²) in [5, 5.41) is 3.47. The molecule has 2 aromatic rings. The molecule has 0 aromatic heterocycles. The second kappa shape index (κ2) is 9.25. The molecule has 0 amide bonds. The molecule has 2 unspecified atom stereocenters. The number of Topliss-reactive ketones (excluding diaryl/α,β-unsaturated/α-hetero) is 1. The number of hydrogen-bond acceptors (Lipinski definition) is 5. The zero-order valence-electron chi connectivity index (χ0n) is 16.0. The van der Waals surface area contributed by atoms with E-state index in [0.717, 1.165) is 11.3 Å². The number of hydrogen-bond donors (Lipinski definition) is 1. The second-order valence-corrected chi connectivity index (χ2v) is 6.26. The van der Waals surface area contributed by atoms with Crippen molar-refractivity contribution in [3.63, 3.8) is 0 Å². The first-order chi connectivity index (χ1) is 12.5. The quantitative estimate of drug-likeness (QED) is 0.687. The summed E-state index contributed by atoms with van der Waals surface area (Å²) in [5.74, 6) is 2.24. The highest BCUT2D eigenvalue weighted by molar-refractivity contribution is 5.96. The van der Waals surface area contributed by atoms with Gasteiger partial charge in [0.2, 0.25) is 0 Å². The van der Waals surface area contributed by atoms with Gasteiger partial charge in [0.25, 0.3) is 0 Å². The molecule has 0 spiro atoms. The summed E-state index contributed by atoms with van der Waals surface area (Å²) in [7, 11) is 4.85. The Morgan fingerprint density at radius 3 is 2.15 bits per heavy atom. The lowest BCUT2D eigenvalue weighted by atomic mass is 10.0. The van der Waals surface area contributed by atoms with Gasteiger partial charge in [0.05, 0.1) is 21.3 Å². The molecule has 26 heavy (non-hydrogen) atoms. The Hall–Kier alpha value is -2.53. The van der Waals surface area contributed by atoms with Gasteiger partial charge in [-0.3, -0.25) is 4.79 Å². The fourth-order valence-electron chi connectivity index (χ4n) is 2.88. The van der Waals surface area contributed by atoms with Crippen molar-refractivity contribution in [1.82, 2.24) is 5.32 Å². The number of ketones is 1. The Bertz CT molecular complexity index is 727. The molecule has 140 valence electrons. The van der Waals surface area contributed by atoms with Crippen molar-refractivity contribution in [1.29, 1.82) is 0 Å². The molecule has 5 heteroatoms. The van der Waals surface area contributed by atoms with E-state index in [-0.39, 0.29) is 17.9 Å². The van der Waals surface area contributed by atoms with Crippen LogP contribution in [0.15, 0.2) is 42.5 Å². The summed E-state index contributed by atoms with van der Waals surface area (Å²) >= 11 is 0. The molecule has 2 aromatic carbocycles. The number of nitrogens with one attached hydrogen (secondary N) is 1. The van der Waals surface area contributed by atoms with Crippen LogP contribution in [0.25, 0.3) is 0 Å². The second-order valence-electron chi connectivity index (χ2n) is 6.26. The highest BCUT2D eigenvalue weighted by Crippen LogP contribution is 2.30. The topological polar surface area (TPSA) is 56.8 Å². The van der Waals surface area contributed by atoms with Gasteiger partial charge in [-0.1, -0.05) is 6.07 Å². The third kappa shape index (κ3) is 4.99. The Morgan fingerprint density at radius 2 is 1.58 bits per heavy atom. The lowest BCUT2D eigenvalue weighted by Gasteiger charge is -2.21. The van der Waals surface area contributed by atoms with E-state index in [9.17, 15) is 4.79 Å². The molecule has 0 aliphatic carbocycles. The number of rotatable bonds is 9. The minimum Gasteiger partial charge on any atom is -0.497 e. The van der Waals surface area contributed by atoms with Gasteiger partial charge in [0.15, 0.2) is 17.3 Å². The average molecular weight is 357 g/mol. The summed E-state index contributed by atoms with van der Waals surface area (Å²) < 4.78 is 15.8. The van der Waals surface area contributed by atoms with Crippen LogP contribution in [-0.4, -0.2) is 33.2 Å². The standard InChI is InChI=1S/C21H27NO4/c1-14(12-19(23)16-6-9-18(24-3)10-7-16)22-15(2)17-8-11-20(25-4)21(13-17)26-5/h6-11,13-15,22H,12H2,1-5H3. The van der Waals surface area contributed by atoms with E-state index < -0.39 is 0 Å². The fourth-order valence-corrected chi connectivity index (χ4v) is 2.88. The van der Waals surface area contributed by atoms with Gasteiger partial charge in [-0.05, 0) is 55.8 Å². The number of carbonyl (C=O) groups is 1. The van der Waals surface area contributed by atoms with Gasteiger partial charge in [-0.2, -0.15) is 0 Å². The molecule has 2 rings (SSSR count). The molecular weight excluding hydrogens is 330 g/mol. The molecule has 1 N–H and O–H groups in total. The highest BCUT2D eigenvalue weighted by atomic mass is 16.5. The number of ether oxygens (including phenoxy) is 3. The van der Waals surface area contributed by atoms with Crippen LogP contribution in [0.2, 0.25) is 0 Å². The van der Waals surface area contributed by atoms with Crippen LogP contribution in [-0.2, 0) is 0 Å². The van der Waals surface area contributed by atoms with Crippen molar-refractivity contribution < 1.29 is 19.0 Å². The smallest absolute Gasteiger partial charge is 0.164 e. The van der Waals surface area contributed by atoms with Crippen molar-refractivity contribution in [2.24, 2.45) is 0 Å². The van der Waals surface area contributed by atoms with Gasteiger partial charge in [0, 0.05) is 24.1 Å². The van der Waals surface area contributed by atoms with Crippen LogP contribution in [0.5, 0.6) is 17.2 Å². The van der Waals surface area contributed by atoms with Crippen LogP contribution >= 0.6 is 0 Å². The monoisotopic (exact) mass is 357 g/mol. The molecule has 0 fully saturated rings. The van der Waals surface area contributed by atoms with E-state index in [0.29, 0.717) is 23.5 Å². The highest BCUT2D eigenvalue weighted by Gasteiger charge is 2.16. The summed E-state index contributed by atoms with van der Waals surface area (Å²) in [4.78, 5) is 12.4. The SMILES string of the molecule is COc1ccc(C(=O)CC(C)NC(C)c2ccc(OC)c(OC)c2)cc1. The van der Waals surface area contributed by atoms with Crippen molar-refractivity contribution in [3.8, 4) is 17.2 Å². The molecule has 0 saturated heterocycles. The van der Waals surface area contributed by atoms with Crippen LogP contribution in [0, 0.1) is 0 Å². The maximum Gasteiger partial charge on any atom is 0.164 e. The molecule has 0 aliphatic rings. The normalized spacial score (nSPS) is 13.0.